The van der Waals surface area contributed by atoms with Crippen LogP contribution >= 0.6 is 15.9 Å². The van der Waals surface area contributed by atoms with Crippen molar-refractivity contribution in [1.82, 2.24) is 9.88 Å². The van der Waals surface area contributed by atoms with E-state index in [0.717, 1.165) is 78.7 Å². The van der Waals surface area contributed by atoms with Crippen molar-refractivity contribution < 1.29 is 0 Å². The smallest absolute Gasteiger partial charge is 0.253 e. The second-order valence-corrected chi connectivity index (χ2v) is 10.4. The van der Waals surface area contributed by atoms with Crippen molar-refractivity contribution in [3.05, 3.63) is 62.4 Å². The summed E-state index contributed by atoms with van der Waals surface area (Å²) in [5, 5.41) is 8.14. The highest BCUT2D eigenvalue weighted by Crippen LogP contribution is 2.33. The van der Waals surface area contributed by atoms with E-state index >= 15 is 0 Å². The third-order valence-electron chi connectivity index (χ3n) is 7.10. The summed E-state index contributed by atoms with van der Waals surface area (Å²) in [6.45, 7) is 5.91. The van der Waals surface area contributed by atoms with Crippen LogP contribution in [-0.2, 0) is 13.0 Å². The largest absolute Gasteiger partial charge is 0.384 e. The molecular weight excluding hydrogens is 478 g/mol. The number of aromatic nitrogens is 1. The van der Waals surface area contributed by atoms with Crippen LogP contribution in [0.1, 0.15) is 30.4 Å². The molecule has 33 heavy (non-hydrogen) atoms. The van der Waals surface area contributed by atoms with Gasteiger partial charge in [-0.25, -0.2) is 0 Å². The van der Waals surface area contributed by atoms with Gasteiger partial charge in [0.25, 0.3) is 5.56 Å². The number of piperazine rings is 1. The zero-order chi connectivity index (χ0) is 22.4. The van der Waals surface area contributed by atoms with Gasteiger partial charge in [0.2, 0.25) is 0 Å². The molecule has 3 N–H and O–H groups in total. The van der Waals surface area contributed by atoms with Crippen molar-refractivity contribution in [2.24, 2.45) is 0 Å². The molecule has 6 nitrogen and oxygen atoms in total. The Labute approximate surface area is 202 Å². The number of nitrogens with zero attached hydrogens (tertiary/aromatic N) is 2. The molecule has 1 saturated carbocycles. The maximum absolute atomic E-state index is 12.5. The number of benzene rings is 2. The molecule has 0 spiro atoms. The highest BCUT2D eigenvalue weighted by molar-refractivity contribution is 9.10. The Morgan fingerprint density at radius 3 is 2.70 bits per heavy atom. The molecule has 3 aliphatic rings. The van der Waals surface area contributed by atoms with Crippen LogP contribution in [0.15, 0.2) is 45.7 Å². The minimum atomic E-state index is 0.0550. The lowest BCUT2D eigenvalue weighted by Crippen LogP contribution is -2.46. The molecule has 0 atom stereocenters. The number of hydrogen-bond acceptors (Lipinski definition) is 5. The van der Waals surface area contributed by atoms with Gasteiger partial charge in [0.05, 0.1) is 16.9 Å². The predicted molar refractivity (Wildman–Crippen MR) is 140 cm³/mol. The molecule has 2 aliphatic heterocycles. The molecule has 172 valence electrons. The Balaban J connectivity index is 1.12. The molecule has 0 bridgehead atoms. The van der Waals surface area contributed by atoms with E-state index in [1.165, 1.54) is 29.8 Å². The molecule has 2 fully saturated rings. The zero-order valence-electron chi connectivity index (χ0n) is 18.8. The number of halogens is 1. The second kappa shape index (κ2) is 8.69. The van der Waals surface area contributed by atoms with Crippen molar-refractivity contribution in [2.75, 3.05) is 48.3 Å². The third-order valence-corrected chi connectivity index (χ3v) is 7.73. The van der Waals surface area contributed by atoms with E-state index in [4.69, 9.17) is 0 Å². The SMILES string of the molecule is O=c1[nH]c2cc(CN3CCN(c4ccc(NC5CC5)cc4Br)CC3)ccc2c2c1CCCN2. The molecule has 7 heteroatoms. The summed E-state index contributed by atoms with van der Waals surface area (Å²) in [5.41, 5.74) is 6.66. The number of rotatable bonds is 5. The van der Waals surface area contributed by atoms with Gasteiger partial charge in [-0.3, -0.25) is 9.69 Å². The average Bonchev–Trinajstić information content (AvgIpc) is 3.64. The molecule has 1 aromatic heterocycles. The van der Waals surface area contributed by atoms with Crippen molar-refractivity contribution >= 4 is 43.9 Å². The highest BCUT2D eigenvalue weighted by Gasteiger charge is 2.23. The molecule has 3 aromatic rings. The maximum Gasteiger partial charge on any atom is 0.253 e. The van der Waals surface area contributed by atoms with Crippen molar-refractivity contribution in [3.8, 4) is 0 Å². The van der Waals surface area contributed by atoms with E-state index < -0.39 is 0 Å². The Morgan fingerprint density at radius 1 is 1.06 bits per heavy atom. The summed E-state index contributed by atoms with van der Waals surface area (Å²) in [6, 6.07) is 13.9. The van der Waals surface area contributed by atoms with Gasteiger partial charge in [0, 0.05) is 66.4 Å². The summed E-state index contributed by atoms with van der Waals surface area (Å²) in [7, 11) is 0. The Hall–Kier alpha value is -2.51. The number of anilines is 3. The first kappa shape index (κ1) is 21.1. The highest BCUT2D eigenvalue weighted by atomic mass is 79.9. The van der Waals surface area contributed by atoms with E-state index in [0.29, 0.717) is 6.04 Å². The summed E-state index contributed by atoms with van der Waals surface area (Å²) in [4.78, 5) is 20.6. The summed E-state index contributed by atoms with van der Waals surface area (Å²) >= 11 is 3.79. The van der Waals surface area contributed by atoms with Gasteiger partial charge in [-0.1, -0.05) is 12.1 Å². The zero-order valence-corrected chi connectivity index (χ0v) is 20.4. The third kappa shape index (κ3) is 4.36. The van der Waals surface area contributed by atoms with Crippen LogP contribution in [0, 0.1) is 0 Å². The maximum atomic E-state index is 12.5. The lowest BCUT2D eigenvalue weighted by molar-refractivity contribution is 0.250. The van der Waals surface area contributed by atoms with Crippen LogP contribution in [0.3, 0.4) is 0 Å². The van der Waals surface area contributed by atoms with E-state index in [-0.39, 0.29) is 5.56 Å². The number of hydrogen-bond donors (Lipinski definition) is 3. The lowest BCUT2D eigenvalue weighted by Gasteiger charge is -2.36. The molecule has 3 heterocycles. The van der Waals surface area contributed by atoms with E-state index in [1.54, 1.807) is 0 Å². The minimum absolute atomic E-state index is 0.0550. The molecule has 2 aromatic carbocycles. The predicted octanol–water partition coefficient (Wildman–Crippen LogP) is 4.55. The van der Waals surface area contributed by atoms with Crippen molar-refractivity contribution in [2.45, 2.75) is 38.3 Å². The van der Waals surface area contributed by atoms with Crippen LogP contribution in [-0.4, -0.2) is 48.6 Å². The van der Waals surface area contributed by atoms with E-state index in [1.807, 2.05) is 0 Å². The summed E-state index contributed by atoms with van der Waals surface area (Å²) < 4.78 is 1.16. The monoisotopic (exact) mass is 507 g/mol. The van der Waals surface area contributed by atoms with Crippen LogP contribution < -0.4 is 21.1 Å². The fourth-order valence-electron chi connectivity index (χ4n) is 5.13. The van der Waals surface area contributed by atoms with E-state index in [2.05, 4.69) is 77.7 Å². The molecule has 0 unspecified atom stereocenters. The van der Waals surface area contributed by atoms with Gasteiger partial charge in [0.1, 0.15) is 0 Å². The fourth-order valence-corrected chi connectivity index (χ4v) is 5.76. The second-order valence-electron chi connectivity index (χ2n) is 9.57. The molecule has 1 saturated heterocycles. The van der Waals surface area contributed by atoms with Crippen molar-refractivity contribution in [3.63, 3.8) is 0 Å². The van der Waals surface area contributed by atoms with Gasteiger partial charge < -0.3 is 20.5 Å². The standard InChI is InChI=1S/C26H30BrN5O/c27-22-15-19(29-18-4-5-18)6-8-24(22)32-12-10-31(11-13-32)16-17-3-7-20-23(14-17)30-26(33)21-2-1-9-28-25(20)21/h3,6-8,14-15,18,28-29H,1-2,4-5,9-13,16H2,(H,30,33). The first-order valence-corrected chi connectivity index (χ1v) is 12.9. The Kier molecular flexibility index (Phi) is 5.54. The van der Waals surface area contributed by atoms with Gasteiger partial charge in [-0.05, 0) is 71.4 Å². The van der Waals surface area contributed by atoms with Gasteiger partial charge >= 0.3 is 0 Å². The minimum Gasteiger partial charge on any atom is -0.384 e. The van der Waals surface area contributed by atoms with Crippen LogP contribution in [0.2, 0.25) is 0 Å². The van der Waals surface area contributed by atoms with Crippen LogP contribution in [0.4, 0.5) is 17.1 Å². The summed E-state index contributed by atoms with van der Waals surface area (Å²) in [5.74, 6) is 0. The number of aromatic amines is 1. The van der Waals surface area contributed by atoms with Gasteiger partial charge in [-0.2, -0.15) is 0 Å². The fraction of sp³-hybridized carbons (Fsp3) is 0.423. The molecular formula is C26H30BrN5O. The van der Waals surface area contributed by atoms with Gasteiger partial charge in [-0.15, -0.1) is 0 Å². The quantitative estimate of drug-likeness (QED) is 0.472. The first-order chi connectivity index (χ1) is 16.1. The average molecular weight is 508 g/mol. The number of pyridine rings is 1. The van der Waals surface area contributed by atoms with E-state index in [9.17, 15) is 4.79 Å². The van der Waals surface area contributed by atoms with Crippen LogP contribution in [0.25, 0.3) is 10.9 Å². The Bertz CT molecular complexity index is 1240. The topological polar surface area (TPSA) is 63.4 Å². The number of nitrogens with one attached hydrogen (secondary N) is 3. The molecule has 1 aliphatic carbocycles. The normalized spacial score (nSPS) is 18.8. The molecule has 6 rings (SSSR count). The number of fused-ring (bicyclic) bond motifs is 3. The summed E-state index contributed by atoms with van der Waals surface area (Å²) in [6.07, 6.45) is 4.45. The lowest BCUT2D eigenvalue weighted by atomic mass is 10.0. The molecule has 0 radical (unpaired) electrons. The first-order valence-electron chi connectivity index (χ1n) is 12.1. The number of H-pyrrole nitrogens is 1. The van der Waals surface area contributed by atoms with Crippen molar-refractivity contribution in [1.29, 1.82) is 0 Å². The van der Waals surface area contributed by atoms with Crippen LogP contribution in [0.5, 0.6) is 0 Å². The van der Waals surface area contributed by atoms with Gasteiger partial charge in [0.15, 0.2) is 0 Å². The molecule has 0 amide bonds. The Morgan fingerprint density at radius 2 is 1.91 bits per heavy atom.